The molecule has 0 bridgehead atoms. The van der Waals surface area contributed by atoms with E-state index in [1.165, 1.54) is 5.97 Å². The van der Waals surface area contributed by atoms with Crippen LogP contribution in [0.5, 0.6) is 0 Å². The summed E-state index contributed by atoms with van der Waals surface area (Å²) in [6.07, 6.45) is 0. The van der Waals surface area contributed by atoms with Crippen LogP contribution in [0.4, 0.5) is 0 Å². The summed E-state index contributed by atoms with van der Waals surface area (Å²) in [4.78, 5) is 0. The molecule has 0 aliphatic carbocycles. The SMILES string of the molecule is [AlH3].[B]C#N.[H-].[H-].[HH].[Li+].[Na+]. The second-order valence-corrected chi connectivity index (χ2v) is 0.129. The van der Waals surface area contributed by atoms with E-state index in [1.54, 1.807) is 0 Å². The zero-order valence-electron chi connectivity index (χ0n) is 5.52. The maximum atomic E-state index is 7.10. The first-order chi connectivity index (χ1) is 1.41. The summed E-state index contributed by atoms with van der Waals surface area (Å²) in [6, 6.07) is 0. The number of nitrogens with zero attached hydrogens (tertiary/aromatic N) is 1. The summed E-state index contributed by atoms with van der Waals surface area (Å²) >= 11 is 0. The van der Waals surface area contributed by atoms with Crippen LogP contribution in [0.1, 0.15) is 4.28 Å². The van der Waals surface area contributed by atoms with Crippen LogP contribution in [0.15, 0.2) is 0 Å². The van der Waals surface area contributed by atoms with Gasteiger partial charge in [-0.3, -0.25) is 0 Å². The second kappa shape index (κ2) is 30.0. The molecule has 0 saturated carbocycles. The van der Waals surface area contributed by atoms with Crippen LogP contribution in [0, 0.1) is 11.2 Å². The Morgan fingerprint density at radius 3 is 1.83 bits per heavy atom. The van der Waals surface area contributed by atoms with Crippen molar-refractivity contribution < 1.29 is 52.7 Å². The Labute approximate surface area is 88.3 Å². The first-order valence-electron chi connectivity index (χ1n) is 0.512. The molecule has 0 heterocycles. The fraction of sp³-hybridized carbons (Fsp3) is 0. The Morgan fingerprint density at radius 2 is 1.83 bits per heavy atom. The molecule has 0 aliphatic heterocycles. The van der Waals surface area contributed by atoms with E-state index in [0.29, 0.717) is 0 Å². The van der Waals surface area contributed by atoms with Crippen molar-refractivity contribution >= 4 is 25.2 Å². The Hall–Kier alpha value is 1.68. The van der Waals surface area contributed by atoms with Gasteiger partial charge in [-0.25, -0.2) is 5.26 Å². The van der Waals surface area contributed by atoms with Gasteiger partial charge >= 0.3 is 48.4 Å². The largest absolute Gasteiger partial charge is 1.00 e. The van der Waals surface area contributed by atoms with Crippen molar-refractivity contribution in [1.29, 1.82) is 5.26 Å². The Morgan fingerprint density at radius 1 is 1.83 bits per heavy atom. The molecule has 0 rings (SSSR count). The molecule has 1 nitrogen and oxygen atoms in total. The topological polar surface area (TPSA) is 23.8 Å². The molecule has 5 heteroatoms. The molecule has 0 spiro atoms. The summed E-state index contributed by atoms with van der Waals surface area (Å²) in [5, 5.41) is 7.10. The van der Waals surface area contributed by atoms with Crippen molar-refractivity contribution in [3.63, 3.8) is 0 Å². The van der Waals surface area contributed by atoms with Gasteiger partial charge in [-0.05, 0) is 5.97 Å². The molecule has 24 valence electrons. The Kier molecular flexibility index (Phi) is 126. The molecule has 0 aromatic heterocycles. The third-order valence-corrected chi connectivity index (χ3v) is 0. The van der Waals surface area contributed by atoms with Crippen molar-refractivity contribution in [2.75, 3.05) is 0 Å². The van der Waals surface area contributed by atoms with Crippen molar-refractivity contribution in [3.8, 4) is 5.97 Å². The number of hydrogen-bond acceptors (Lipinski definition) is 1. The normalized spacial score (nSPS) is 1.17. The summed E-state index contributed by atoms with van der Waals surface area (Å²) in [7, 11) is 4.15. The summed E-state index contributed by atoms with van der Waals surface area (Å²) in [6.45, 7) is 0. The van der Waals surface area contributed by atoms with Crippen LogP contribution in [-0.2, 0) is 0 Å². The van der Waals surface area contributed by atoms with Gasteiger partial charge in [-0.15, -0.1) is 0 Å². The molecule has 2 radical (unpaired) electrons. The van der Waals surface area contributed by atoms with E-state index in [4.69, 9.17) is 5.26 Å². The Bertz CT molecular complexity index is 45.3. The molecular formula is CH7AlBLiNNa. The third-order valence-electron chi connectivity index (χ3n) is 0. The van der Waals surface area contributed by atoms with Crippen LogP contribution in [0.3, 0.4) is 0 Å². The van der Waals surface area contributed by atoms with E-state index in [1.807, 2.05) is 0 Å². The molecule has 0 unspecified atom stereocenters. The first-order valence-corrected chi connectivity index (χ1v) is 0.512. The van der Waals surface area contributed by atoms with Gasteiger partial charge in [0.2, 0.25) is 7.85 Å². The van der Waals surface area contributed by atoms with Gasteiger partial charge < -0.3 is 2.85 Å². The number of rotatable bonds is 0. The summed E-state index contributed by atoms with van der Waals surface area (Å²) < 4.78 is 0. The van der Waals surface area contributed by atoms with E-state index in [0.717, 1.165) is 0 Å². The quantitative estimate of drug-likeness (QED) is 0.278. The van der Waals surface area contributed by atoms with Crippen molar-refractivity contribution in [2.24, 2.45) is 0 Å². The average Bonchev–Trinajstić information content (AvgIpc) is 0.918. The molecule has 0 aliphatic rings. The van der Waals surface area contributed by atoms with Gasteiger partial charge in [-0.1, -0.05) is 0 Å². The van der Waals surface area contributed by atoms with Crippen LogP contribution < -0.4 is 48.4 Å². The van der Waals surface area contributed by atoms with Crippen molar-refractivity contribution in [3.05, 3.63) is 0 Å². The van der Waals surface area contributed by atoms with Crippen LogP contribution in [0.25, 0.3) is 0 Å². The summed E-state index contributed by atoms with van der Waals surface area (Å²) in [5.74, 6) is 1.25. The van der Waals surface area contributed by atoms with Gasteiger partial charge in [0.1, 0.15) is 0 Å². The van der Waals surface area contributed by atoms with Crippen LogP contribution >= 0.6 is 0 Å². The number of nitriles is 1. The second-order valence-electron chi connectivity index (χ2n) is 0.129. The molecule has 0 fully saturated rings. The maximum Gasteiger partial charge on any atom is 1.00 e. The molecule has 6 heavy (non-hydrogen) atoms. The van der Waals surface area contributed by atoms with Gasteiger partial charge in [0.15, 0.2) is 17.4 Å². The van der Waals surface area contributed by atoms with Gasteiger partial charge in [0, 0.05) is 1.43 Å². The fourth-order valence-corrected chi connectivity index (χ4v) is 0. The molecule has 0 aromatic carbocycles. The first kappa shape index (κ1) is 25.3. The van der Waals surface area contributed by atoms with Crippen LogP contribution in [-0.4, -0.2) is 25.2 Å². The molecule has 0 saturated heterocycles. The van der Waals surface area contributed by atoms with Crippen LogP contribution in [0.2, 0.25) is 0 Å². The maximum absolute atomic E-state index is 7.10. The molecular weight excluding hydrogens is 93.7 g/mol. The minimum atomic E-state index is 0. The molecule has 0 amide bonds. The zero-order chi connectivity index (χ0) is 2.71. The minimum Gasteiger partial charge on any atom is -1.00 e. The molecule has 0 aromatic rings. The Balaban J connectivity index is -0.00000000133. The third kappa shape index (κ3) is 44.0. The van der Waals surface area contributed by atoms with Gasteiger partial charge in [-0.2, -0.15) is 0 Å². The van der Waals surface area contributed by atoms with Gasteiger partial charge in [0.25, 0.3) is 0 Å². The predicted octanol–water partition coefficient (Wildman–Crippen LogP) is -7.07. The van der Waals surface area contributed by atoms with E-state index in [9.17, 15) is 0 Å². The summed E-state index contributed by atoms with van der Waals surface area (Å²) in [5.41, 5.74) is 0. The molecule has 0 atom stereocenters. The fourth-order valence-electron chi connectivity index (χ4n) is 0. The zero-order valence-corrected chi connectivity index (χ0v) is 5.52. The van der Waals surface area contributed by atoms with Crippen molar-refractivity contribution in [1.82, 2.24) is 0 Å². The minimum absolute atomic E-state index is 0. The van der Waals surface area contributed by atoms with Crippen molar-refractivity contribution in [2.45, 2.75) is 0 Å². The standard InChI is InChI=1S/CBN.Al.Li.Na.H2.5H/c2-1-3;;;;;;;;;/h;;;;1H;;;;;/q;;2*+1;;;;;2*-1. The van der Waals surface area contributed by atoms with E-state index >= 15 is 0 Å². The van der Waals surface area contributed by atoms with Gasteiger partial charge in [0.05, 0.1) is 0 Å². The van der Waals surface area contributed by atoms with E-state index in [2.05, 4.69) is 7.85 Å². The molecule has 0 N–H and O–H groups in total. The van der Waals surface area contributed by atoms with E-state index in [-0.39, 0.29) is 70.1 Å². The predicted molar refractivity (Wildman–Crippen MR) is 25.6 cm³/mol. The smallest absolute Gasteiger partial charge is 1.00 e. The average molecular weight is 101 g/mol. The number of hydrogen-bond donors (Lipinski definition) is 0. The van der Waals surface area contributed by atoms with E-state index < -0.39 is 0 Å². The monoisotopic (exact) mass is 101 g/mol.